The maximum absolute atomic E-state index is 12.6. The van der Waals surface area contributed by atoms with Gasteiger partial charge in [0.15, 0.2) is 0 Å². The topological polar surface area (TPSA) is 91.7 Å². The van der Waals surface area contributed by atoms with Gasteiger partial charge in [-0.15, -0.1) is 0 Å². The summed E-state index contributed by atoms with van der Waals surface area (Å²) in [6.07, 6.45) is 2.28. The van der Waals surface area contributed by atoms with E-state index in [4.69, 9.17) is 4.42 Å². The number of nitrogens with one attached hydrogen (secondary N) is 2. The van der Waals surface area contributed by atoms with Crippen LogP contribution in [0.2, 0.25) is 0 Å². The third-order valence-electron chi connectivity index (χ3n) is 3.98. The van der Waals surface area contributed by atoms with Gasteiger partial charge in [-0.25, -0.2) is 0 Å². The van der Waals surface area contributed by atoms with Gasteiger partial charge >= 0.3 is 11.8 Å². The highest BCUT2D eigenvalue weighted by Crippen LogP contribution is 2.35. The number of hydrogen-bond acceptors (Lipinski definition) is 4. The third-order valence-corrected chi connectivity index (χ3v) is 3.98. The first-order valence-corrected chi connectivity index (χ1v) is 8.13. The van der Waals surface area contributed by atoms with Crippen LogP contribution < -0.4 is 15.5 Å². The molecule has 0 aliphatic carbocycles. The van der Waals surface area contributed by atoms with Crippen molar-refractivity contribution in [3.8, 4) is 0 Å². The van der Waals surface area contributed by atoms with E-state index in [1.165, 1.54) is 6.26 Å². The Bertz CT molecular complexity index is 785. The van der Waals surface area contributed by atoms with E-state index in [1.807, 2.05) is 19.1 Å². The minimum atomic E-state index is -0.849. The predicted molar refractivity (Wildman–Crippen MR) is 90.5 cm³/mol. The fourth-order valence-electron chi connectivity index (χ4n) is 2.84. The van der Waals surface area contributed by atoms with Crippen LogP contribution in [0.3, 0.4) is 0 Å². The Hall–Kier alpha value is -3.09. The number of carbonyl (C=O) groups excluding carboxylic acids is 3. The standard InChI is InChI=1S/C18H19N3O4/c1-2-9-21-14-8-4-3-7-13(14)15(18(21)24)20-17(23)16(22)19-11-12-6-5-10-25-12/h3-8,10,15H,2,9,11H2,1H3,(H,19,22)(H,20,23)/t15-/m1/s1. The molecule has 0 bridgehead atoms. The van der Waals surface area contributed by atoms with Gasteiger partial charge in [0, 0.05) is 17.8 Å². The summed E-state index contributed by atoms with van der Waals surface area (Å²) in [5, 5.41) is 4.99. The van der Waals surface area contributed by atoms with Crippen molar-refractivity contribution in [1.29, 1.82) is 0 Å². The first-order chi connectivity index (χ1) is 12.1. The number of furan rings is 1. The molecular weight excluding hydrogens is 322 g/mol. The van der Waals surface area contributed by atoms with E-state index in [0.29, 0.717) is 17.9 Å². The number of fused-ring (bicyclic) bond motifs is 1. The highest BCUT2D eigenvalue weighted by molar-refractivity contribution is 6.35. The van der Waals surface area contributed by atoms with Crippen LogP contribution in [-0.2, 0) is 20.9 Å². The average Bonchev–Trinajstić information content (AvgIpc) is 3.22. The molecule has 0 saturated carbocycles. The zero-order valence-corrected chi connectivity index (χ0v) is 13.8. The van der Waals surface area contributed by atoms with E-state index < -0.39 is 17.9 Å². The molecule has 1 aromatic heterocycles. The lowest BCUT2D eigenvalue weighted by atomic mass is 10.1. The number of para-hydroxylation sites is 1. The van der Waals surface area contributed by atoms with Crippen LogP contribution in [0.1, 0.15) is 30.7 Å². The Morgan fingerprint density at radius 1 is 1.16 bits per heavy atom. The molecule has 2 aromatic rings. The molecular formula is C18H19N3O4. The van der Waals surface area contributed by atoms with Gasteiger partial charge in [-0.2, -0.15) is 0 Å². The van der Waals surface area contributed by atoms with Gasteiger partial charge in [-0.1, -0.05) is 25.1 Å². The molecule has 7 heteroatoms. The molecule has 130 valence electrons. The van der Waals surface area contributed by atoms with Crippen LogP contribution in [0.4, 0.5) is 5.69 Å². The highest BCUT2D eigenvalue weighted by atomic mass is 16.3. The second-order valence-electron chi connectivity index (χ2n) is 5.72. The van der Waals surface area contributed by atoms with Gasteiger partial charge in [0.05, 0.1) is 12.8 Å². The fraction of sp³-hybridized carbons (Fsp3) is 0.278. The SMILES string of the molecule is CCCN1C(=O)[C@H](NC(=O)C(=O)NCc2ccco2)c2ccccc21. The zero-order chi connectivity index (χ0) is 17.8. The molecule has 1 aliphatic heterocycles. The van der Waals surface area contributed by atoms with Gasteiger partial charge < -0.3 is 20.0 Å². The molecule has 1 aromatic carbocycles. The van der Waals surface area contributed by atoms with Crippen LogP contribution in [0.15, 0.2) is 47.1 Å². The maximum atomic E-state index is 12.6. The normalized spacial score (nSPS) is 15.8. The lowest BCUT2D eigenvalue weighted by molar-refractivity contribution is -0.140. The van der Waals surface area contributed by atoms with Crippen molar-refractivity contribution in [2.45, 2.75) is 25.9 Å². The van der Waals surface area contributed by atoms with Crippen LogP contribution in [-0.4, -0.2) is 24.3 Å². The first-order valence-electron chi connectivity index (χ1n) is 8.13. The smallest absolute Gasteiger partial charge is 0.310 e. The van der Waals surface area contributed by atoms with E-state index in [1.54, 1.807) is 29.2 Å². The maximum Gasteiger partial charge on any atom is 0.310 e. The van der Waals surface area contributed by atoms with Crippen molar-refractivity contribution in [3.05, 3.63) is 54.0 Å². The molecule has 25 heavy (non-hydrogen) atoms. The minimum absolute atomic E-state index is 0.108. The third kappa shape index (κ3) is 3.40. The number of nitrogens with zero attached hydrogens (tertiary/aromatic N) is 1. The number of rotatable bonds is 5. The molecule has 1 aliphatic rings. The van der Waals surface area contributed by atoms with Crippen LogP contribution in [0.5, 0.6) is 0 Å². The second-order valence-corrected chi connectivity index (χ2v) is 5.72. The number of anilines is 1. The fourth-order valence-corrected chi connectivity index (χ4v) is 2.84. The number of benzene rings is 1. The van der Waals surface area contributed by atoms with Crippen LogP contribution in [0, 0.1) is 0 Å². The summed E-state index contributed by atoms with van der Waals surface area (Å²) >= 11 is 0. The summed E-state index contributed by atoms with van der Waals surface area (Å²) in [6, 6.07) is 9.81. The molecule has 0 saturated heterocycles. The molecule has 2 N–H and O–H groups in total. The summed E-state index contributed by atoms with van der Waals surface area (Å²) in [6.45, 7) is 2.65. The van der Waals surface area contributed by atoms with Crippen molar-refractivity contribution >= 4 is 23.4 Å². The summed E-state index contributed by atoms with van der Waals surface area (Å²) in [5.74, 6) is -1.35. The summed E-state index contributed by atoms with van der Waals surface area (Å²) < 4.78 is 5.09. The largest absolute Gasteiger partial charge is 0.467 e. The highest BCUT2D eigenvalue weighted by Gasteiger charge is 2.38. The lowest BCUT2D eigenvalue weighted by Crippen LogP contribution is -2.44. The Labute approximate surface area is 145 Å². The number of amides is 3. The Kier molecular flexibility index (Phi) is 4.83. The average molecular weight is 341 g/mol. The Morgan fingerprint density at radius 3 is 2.68 bits per heavy atom. The molecule has 7 nitrogen and oxygen atoms in total. The summed E-state index contributed by atoms with van der Waals surface area (Å²) in [7, 11) is 0. The van der Waals surface area contributed by atoms with Crippen molar-refractivity contribution < 1.29 is 18.8 Å². The summed E-state index contributed by atoms with van der Waals surface area (Å²) in [4.78, 5) is 38.4. The second kappa shape index (κ2) is 7.21. The first kappa shape index (κ1) is 16.8. The zero-order valence-electron chi connectivity index (χ0n) is 13.8. The van der Waals surface area contributed by atoms with Crippen LogP contribution in [0.25, 0.3) is 0 Å². The molecule has 3 rings (SSSR count). The molecule has 0 fully saturated rings. The number of carbonyl (C=O) groups is 3. The summed E-state index contributed by atoms with van der Waals surface area (Å²) in [5.41, 5.74) is 1.48. The van der Waals surface area contributed by atoms with Gasteiger partial charge in [0.2, 0.25) is 0 Å². The van der Waals surface area contributed by atoms with Crippen molar-refractivity contribution in [1.82, 2.24) is 10.6 Å². The van der Waals surface area contributed by atoms with Crippen LogP contribution >= 0.6 is 0 Å². The molecule has 2 heterocycles. The van der Waals surface area contributed by atoms with Gasteiger partial charge in [0.25, 0.3) is 5.91 Å². The Balaban J connectivity index is 1.68. The van der Waals surface area contributed by atoms with E-state index >= 15 is 0 Å². The number of hydrogen-bond donors (Lipinski definition) is 2. The predicted octanol–water partition coefficient (Wildman–Crippen LogP) is 1.51. The van der Waals surface area contributed by atoms with Gasteiger partial charge in [-0.3, -0.25) is 14.4 Å². The minimum Gasteiger partial charge on any atom is -0.467 e. The van der Waals surface area contributed by atoms with Crippen molar-refractivity contribution in [3.63, 3.8) is 0 Å². The van der Waals surface area contributed by atoms with Gasteiger partial charge in [0.1, 0.15) is 11.8 Å². The molecule has 0 unspecified atom stereocenters. The monoisotopic (exact) mass is 341 g/mol. The molecule has 3 amide bonds. The van der Waals surface area contributed by atoms with E-state index in [9.17, 15) is 14.4 Å². The van der Waals surface area contributed by atoms with E-state index in [0.717, 1.165) is 12.1 Å². The van der Waals surface area contributed by atoms with Gasteiger partial charge in [-0.05, 0) is 24.6 Å². The molecule has 0 spiro atoms. The van der Waals surface area contributed by atoms with E-state index in [2.05, 4.69) is 10.6 Å². The van der Waals surface area contributed by atoms with E-state index in [-0.39, 0.29) is 12.5 Å². The Morgan fingerprint density at radius 2 is 1.96 bits per heavy atom. The molecule has 1 atom stereocenters. The quantitative estimate of drug-likeness (QED) is 0.807. The molecule has 0 radical (unpaired) electrons. The lowest BCUT2D eigenvalue weighted by Gasteiger charge is -2.17. The van der Waals surface area contributed by atoms with Crippen molar-refractivity contribution in [2.75, 3.05) is 11.4 Å². The van der Waals surface area contributed by atoms with Crippen molar-refractivity contribution in [2.24, 2.45) is 0 Å².